The summed E-state index contributed by atoms with van der Waals surface area (Å²) in [6.45, 7) is 5.99. The SMILES string of the molecule is COc1ccc([C@H](C)N[C@H]2CC3(CCN(CC4CC5C=CC4C5)CC3)c3cc(Cl)ccc32)cc1. The molecule has 3 aliphatic carbocycles. The maximum atomic E-state index is 6.53. The number of ether oxygens (including phenoxy) is 1. The van der Waals surface area contributed by atoms with Gasteiger partial charge >= 0.3 is 0 Å². The van der Waals surface area contributed by atoms with E-state index in [0.717, 1.165) is 28.5 Å². The number of hydrogen-bond donors (Lipinski definition) is 1. The molecular weight excluding hydrogens is 440 g/mol. The first-order valence-corrected chi connectivity index (χ1v) is 13.5. The van der Waals surface area contributed by atoms with E-state index in [1.54, 1.807) is 7.11 Å². The number of rotatable bonds is 6. The number of piperidine rings is 1. The van der Waals surface area contributed by atoms with Gasteiger partial charge in [0, 0.05) is 23.7 Å². The molecule has 1 spiro atoms. The van der Waals surface area contributed by atoms with E-state index in [4.69, 9.17) is 16.3 Å². The molecule has 1 aliphatic heterocycles. The van der Waals surface area contributed by atoms with Crippen molar-refractivity contribution >= 4 is 11.6 Å². The third-order valence-corrected chi connectivity index (χ3v) is 9.58. The summed E-state index contributed by atoms with van der Waals surface area (Å²) in [5.74, 6) is 3.51. The zero-order valence-corrected chi connectivity index (χ0v) is 21.2. The van der Waals surface area contributed by atoms with E-state index in [1.807, 2.05) is 0 Å². The monoisotopic (exact) mass is 476 g/mol. The van der Waals surface area contributed by atoms with Crippen molar-refractivity contribution in [1.82, 2.24) is 10.2 Å². The van der Waals surface area contributed by atoms with Gasteiger partial charge in [0.25, 0.3) is 0 Å². The maximum absolute atomic E-state index is 6.53. The van der Waals surface area contributed by atoms with Crippen LogP contribution in [0.2, 0.25) is 5.02 Å². The van der Waals surface area contributed by atoms with Crippen molar-refractivity contribution in [2.24, 2.45) is 17.8 Å². The second-order valence-corrected chi connectivity index (χ2v) is 11.7. The summed E-state index contributed by atoms with van der Waals surface area (Å²) < 4.78 is 5.34. The fourth-order valence-corrected chi connectivity index (χ4v) is 7.59. The lowest BCUT2D eigenvalue weighted by molar-refractivity contribution is 0.128. The first-order valence-electron chi connectivity index (χ1n) is 13.1. The molecule has 3 nitrogen and oxygen atoms in total. The van der Waals surface area contributed by atoms with Gasteiger partial charge in [0.2, 0.25) is 0 Å². The van der Waals surface area contributed by atoms with E-state index in [9.17, 15) is 0 Å². The van der Waals surface area contributed by atoms with Crippen molar-refractivity contribution in [3.8, 4) is 5.75 Å². The molecule has 180 valence electrons. The molecule has 1 saturated carbocycles. The number of nitrogens with zero attached hydrogens (tertiary/aromatic N) is 1. The van der Waals surface area contributed by atoms with Gasteiger partial charge in [-0.1, -0.05) is 42.0 Å². The Labute approximate surface area is 209 Å². The third-order valence-electron chi connectivity index (χ3n) is 9.35. The van der Waals surface area contributed by atoms with Crippen LogP contribution < -0.4 is 10.1 Å². The molecular formula is C30H37ClN2O. The van der Waals surface area contributed by atoms with E-state index >= 15 is 0 Å². The average Bonchev–Trinajstić information content (AvgIpc) is 3.55. The number of nitrogens with one attached hydrogen (secondary N) is 1. The number of allylic oxidation sites excluding steroid dienone is 2. The molecule has 4 heteroatoms. The Kier molecular flexibility index (Phi) is 6.00. The Bertz CT molecular complexity index is 1060. The summed E-state index contributed by atoms with van der Waals surface area (Å²) in [5.41, 5.74) is 4.51. The van der Waals surface area contributed by atoms with Gasteiger partial charge < -0.3 is 15.0 Å². The van der Waals surface area contributed by atoms with Crippen LogP contribution in [0.5, 0.6) is 5.75 Å². The third kappa shape index (κ3) is 4.10. The molecule has 5 atom stereocenters. The number of fused-ring (bicyclic) bond motifs is 4. The predicted molar refractivity (Wildman–Crippen MR) is 140 cm³/mol. The van der Waals surface area contributed by atoms with E-state index in [2.05, 4.69) is 71.8 Å². The van der Waals surface area contributed by atoms with E-state index in [1.165, 1.54) is 68.4 Å². The quantitative estimate of drug-likeness (QED) is 0.470. The van der Waals surface area contributed by atoms with Crippen LogP contribution in [0.1, 0.15) is 67.8 Å². The number of likely N-dealkylation sites (tertiary alicyclic amines) is 1. The van der Waals surface area contributed by atoms with Crippen molar-refractivity contribution in [3.05, 3.63) is 76.3 Å². The second-order valence-electron chi connectivity index (χ2n) is 11.3. The van der Waals surface area contributed by atoms with Crippen LogP contribution in [0.15, 0.2) is 54.6 Å². The minimum atomic E-state index is 0.253. The van der Waals surface area contributed by atoms with Crippen LogP contribution in [0.4, 0.5) is 0 Å². The Morgan fingerprint density at radius 2 is 1.88 bits per heavy atom. The second kappa shape index (κ2) is 9.00. The smallest absolute Gasteiger partial charge is 0.118 e. The van der Waals surface area contributed by atoms with Gasteiger partial charge in [-0.15, -0.1) is 0 Å². The van der Waals surface area contributed by atoms with Crippen LogP contribution in [0.25, 0.3) is 0 Å². The summed E-state index contributed by atoms with van der Waals surface area (Å²) >= 11 is 6.53. The number of halogens is 1. The highest BCUT2D eigenvalue weighted by Crippen LogP contribution is 2.52. The van der Waals surface area contributed by atoms with Gasteiger partial charge in [-0.2, -0.15) is 0 Å². The molecule has 34 heavy (non-hydrogen) atoms. The first kappa shape index (κ1) is 22.6. The van der Waals surface area contributed by atoms with E-state index in [0.29, 0.717) is 6.04 Å². The van der Waals surface area contributed by atoms with Gasteiger partial charge in [0.1, 0.15) is 5.75 Å². The summed E-state index contributed by atoms with van der Waals surface area (Å²) in [7, 11) is 1.72. The van der Waals surface area contributed by atoms with Crippen molar-refractivity contribution < 1.29 is 4.74 Å². The molecule has 0 aromatic heterocycles. The van der Waals surface area contributed by atoms with Gasteiger partial charge in [-0.25, -0.2) is 0 Å². The minimum absolute atomic E-state index is 0.253. The zero-order valence-electron chi connectivity index (χ0n) is 20.5. The van der Waals surface area contributed by atoms with Crippen molar-refractivity contribution in [3.63, 3.8) is 0 Å². The standard InChI is InChI=1S/C30H37ClN2O/c1-20(22-5-8-26(34-2)9-6-22)32-29-18-30(28-17-25(31)7-10-27(28)29)11-13-33(14-12-30)19-24-16-21-3-4-23(24)15-21/h3-10,17,20-21,23-24,29,32H,11-16,18-19H2,1-2H3/t20-,21?,23?,24?,29-/m0/s1. The lowest BCUT2D eigenvalue weighted by Gasteiger charge is -2.42. The highest BCUT2D eigenvalue weighted by molar-refractivity contribution is 6.30. The van der Waals surface area contributed by atoms with Crippen LogP contribution in [0, 0.1) is 17.8 Å². The summed E-state index contributed by atoms with van der Waals surface area (Å²) in [6, 6.07) is 15.7. The topological polar surface area (TPSA) is 24.5 Å². The molecule has 2 aromatic carbocycles. The Morgan fingerprint density at radius 3 is 2.56 bits per heavy atom. The van der Waals surface area contributed by atoms with Gasteiger partial charge in [0.05, 0.1) is 7.11 Å². The molecule has 1 heterocycles. The highest BCUT2D eigenvalue weighted by Gasteiger charge is 2.46. The lowest BCUT2D eigenvalue weighted by atomic mass is 9.73. The molecule has 6 rings (SSSR count). The van der Waals surface area contributed by atoms with Gasteiger partial charge in [-0.05, 0) is 116 Å². The van der Waals surface area contributed by atoms with Crippen molar-refractivity contribution in [1.29, 1.82) is 0 Å². The number of hydrogen-bond acceptors (Lipinski definition) is 3. The van der Waals surface area contributed by atoms with Crippen molar-refractivity contribution in [2.75, 3.05) is 26.7 Å². The van der Waals surface area contributed by atoms with Crippen LogP contribution in [-0.2, 0) is 5.41 Å². The molecule has 2 aromatic rings. The summed E-state index contributed by atoms with van der Waals surface area (Å²) in [5, 5.41) is 4.84. The Morgan fingerprint density at radius 1 is 1.09 bits per heavy atom. The molecule has 1 saturated heterocycles. The maximum Gasteiger partial charge on any atom is 0.118 e. The molecule has 3 unspecified atom stereocenters. The van der Waals surface area contributed by atoms with Gasteiger partial charge in [-0.3, -0.25) is 0 Å². The van der Waals surface area contributed by atoms with Crippen LogP contribution >= 0.6 is 11.6 Å². The summed E-state index contributed by atoms with van der Waals surface area (Å²) in [6.07, 6.45) is 11.4. The normalized spacial score (nSPS) is 30.1. The van der Waals surface area contributed by atoms with Gasteiger partial charge in [0.15, 0.2) is 0 Å². The van der Waals surface area contributed by atoms with Crippen LogP contribution in [0.3, 0.4) is 0 Å². The summed E-state index contributed by atoms with van der Waals surface area (Å²) in [4.78, 5) is 2.76. The van der Waals surface area contributed by atoms with Crippen LogP contribution in [-0.4, -0.2) is 31.6 Å². The molecule has 2 fully saturated rings. The zero-order chi connectivity index (χ0) is 23.3. The fourth-order valence-electron chi connectivity index (χ4n) is 7.41. The Hall–Kier alpha value is -1.81. The molecule has 1 N–H and O–H groups in total. The minimum Gasteiger partial charge on any atom is -0.497 e. The molecule has 0 radical (unpaired) electrons. The van der Waals surface area contributed by atoms with E-state index < -0.39 is 0 Å². The molecule has 2 bridgehead atoms. The largest absolute Gasteiger partial charge is 0.497 e. The fraction of sp³-hybridized carbons (Fsp3) is 0.533. The highest BCUT2D eigenvalue weighted by atomic mass is 35.5. The average molecular weight is 477 g/mol. The van der Waals surface area contributed by atoms with E-state index in [-0.39, 0.29) is 11.5 Å². The predicted octanol–water partition coefficient (Wildman–Crippen LogP) is 6.69. The first-order chi connectivity index (χ1) is 16.5. The number of benzene rings is 2. The molecule has 0 amide bonds. The lowest BCUT2D eigenvalue weighted by Crippen LogP contribution is -2.44. The number of methoxy groups -OCH3 is 1. The van der Waals surface area contributed by atoms with Crippen molar-refractivity contribution in [2.45, 2.75) is 56.5 Å². The molecule has 4 aliphatic rings. The Balaban J connectivity index is 1.16.